The lowest BCUT2D eigenvalue weighted by atomic mass is 10.0. The molecule has 1 rings (SSSR count). The summed E-state index contributed by atoms with van der Waals surface area (Å²) in [5, 5.41) is 0. The summed E-state index contributed by atoms with van der Waals surface area (Å²) in [7, 11) is 0. The molecule has 0 unspecified atom stereocenters. The Labute approximate surface area is 101 Å². The van der Waals surface area contributed by atoms with Crippen LogP contribution >= 0.6 is 0 Å². The molecule has 0 saturated heterocycles. The van der Waals surface area contributed by atoms with Gasteiger partial charge < -0.3 is 9.47 Å². The van der Waals surface area contributed by atoms with Crippen molar-refractivity contribution in [3.8, 4) is 0 Å². The van der Waals surface area contributed by atoms with E-state index in [0.29, 0.717) is 18.8 Å². The van der Waals surface area contributed by atoms with Gasteiger partial charge >= 0.3 is 5.97 Å². The number of rotatable bonds is 6. The molecule has 1 aromatic rings. The number of hydrogen-bond donors (Lipinski definition) is 0. The number of hydrogen-bond acceptors (Lipinski definition) is 4. The van der Waals surface area contributed by atoms with Gasteiger partial charge in [-0.25, -0.2) is 4.79 Å². The molecule has 0 heterocycles. The highest BCUT2D eigenvalue weighted by Crippen LogP contribution is 2.12. The van der Waals surface area contributed by atoms with E-state index in [9.17, 15) is 9.59 Å². The first-order valence-corrected chi connectivity index (χ1v) is 5.43. The van der Waals surface area contributed by atoms with E-state index in [4.69, 9.17) is 9.47 Å². The molecular weight excluding hydrogens is 220 g/mol. The molecule has 0 saturated carbocycles. The van der Waals surface area contributed by atoms with Crippen molar-refractivity contribution in [1.82, 2.24) is 0 Å². The van der Waals surface area contributed by atoms with Crippen LogP contribution < -0.4 is 0 Å². The summed E-state index contributed by atoms with van der Waals surface area (Å²) in [4.78, 5) is 22.5. The summed E-state index contributed by atoms with van der Waals surface area (Å²) in [5.74, 6) is -0.522. The third-order valence-corrected chi connectivity index (χ3v) is 2.26. The zero-order valence-corrected chi connectivity index (χ0v) is 9.99. The first kappa shape index (κ1) is 13.4. The van der Waals surface area contributed by atoms with Crippen LogP contribution in [0.4, 0.5) is 0 Å². The molecular formula is C13H15O4. The number of esters is 1. The van der Waals surface area contributed by atoms with Crippen molar-refractivity contribution in [2.24, 2.45) is 0 Å². The number of ether oxygens (including phenoxy) is 2. The summed E-state index contributed by atoms with van der Waals surface area (Å²) in [5.41, 5.74) is 1.21. The molecule has 17 heavy (non-hydrogen) atoms. The van der Waals surface area contributed by atoms with Gasteiger partial charge in [-0.15, -0.1) is 0 Å². The van der Waals surface area contributed by atoms with E-state index in [2.05, 4.69) is 0 Å². The quantitative estimate of drug-likeness (QED) is 0.555. The highest BCUT2D eigenvalue weighted by atomic mass is 16.6. The Balaban J connectivity index is 2.68. The molecule has 0 aliphatic carbocycles. The molecule has 4 nitrogen and oxygen atoms in total. The van der Waals surface area contributed by atoms with Crippen molar-refractivity contribution in [3.05, 3.63) is 34.9 Å². The van der Waals surface area contributed by atoms with Gasteiger partial charge in [0.1, 0.15) is 6.61 Å². The molecule has 0 spiro atoms. The Kier molecular flexibility index (Phi) is 5.36. The highest BCUT2D eigenvalue weighted by Gasteiger charge is 2.14. The maximum Gasteiger partial charge on any atom is 0.338 e. The van der Waals surface area contributed by atoms with Gasteiger partial charge in [-0.3, -0.25) is 4.79 Å². The van der Waals surface area contributed by atoms with Crippen molar-refractivity contribution < 1.29 is 19.1 Å². The van der Waals surface area contributed by atoms with E-state index in [1.165, 1.54) is 0 Å². The fourth-order valence-electron chi connectivity index (χ4n) is 1.39. The molecule has 0 bridgehead atoms. The van der Waals surface area contributed by atoms with Crippen molar-refractivity contribution in [2.45, 2.75) is 13.8 Å². The topological polar surface area (TPSA) is 52.6 Å². The average molecular weight is 235 g/mol. The van der Waals surface area contributed by atoms with E-state index in [-0.39, 0.29) is 17.7 Å². The van der Waals surface area contributed by atoms with Crippen molar-refractivity contribution in [2.75, 3.05) is 19.8 Å². The standard InChI is InChI=1S/C13H15O4/c1-3-16-7-8-17-13(15)11-6-4-5-10(2)12(11)9-14/h4-6H,3,7-8H2,1-2H3. The predicted octanol–water partition coefficient (Wildman–Crippen LogP) is 1.65. The fraction of sp³-hybridized carbons (Fsp3) is 0.385. The van der Waals surface area contributed by atoms with E-state index >= 15 is 0 Å². The second-order valence-corrected chi connectivity index (χ2v) is 3.43. The second kappa shape index (κ2) is 6.81. The first-order chi connectivity index (χ1) is 8.20. The van der Waals surface area contributed by atoms with E-state index in [0.717, 1.165) is 0 Å². The van der Waals surface area contributed by atoms with Crippen molar-refractivity contribution in [3.63, 3.8) is 0 Å². The van der Waals surface area contributed by atoms with Gasteiger partial charge in [0.15, 0.2) is 0 Å². The van der Waals surface area contributed by atoms with Crippen LogP contribution in [0.3, 0.4) is 0 Å². The Morgan fingerprint density at radius 2 is 2.12 bits per heavy atom. The molecule has 0 amide bonds. The van der Waals surface area contributed by atoms with Crippen molar-refractivity contribution >= 4 is 12.3 Å². The van der Waals surface area contributed by atoms with Crippen LogP contribution in [-0.2, 0) is 14.3 Å². The molecule has 1 radical (unpaired) electrons. The molecule has 0 fully saturated rings. The molecule has 0 N–H and O–H groups in total. The van der Waals surface area contributed by atoms with Crippen molar-refractivity contribution in [1.29, 1.82) is 0 Å². The van der Waals surface area contributed by atoms with Gasteiger partial charge in [-0.1, -0.05) is 12.1 Å². The smallest absolute Gasteiger partial charge is 0.338 e. The SMILES string of the molecule is CCOCCOC(=O)c1cccc(C)c1[C]=O. The lowest BCUT2D eigenvalue weighted by Crippen LogP contribution is -2.13. The maximum absolute atomic E-state index is 11.7. The normalized spacial score (nSPS) is 10.0. The van der Waals surface area contributed by atoms with E-state index in [1.807, 2.05) is 6.92 Å². The van der Waals surface area contributed by atoms with Crippen LogP contribution in [0.25, 0.3) is 0 Å². The van der Waals surface area contributed by atoms with Crippen LogP contribution in [0, 0.1) is 6.92 Å². The lowest BCUT2D eigenvalue weighted by molar-refractivity contribution is 0.0335. The van der Waals surface area contributed by atoms with Crippen LogP contribution in [0.15, 0.2) is 18.2 Å². The molecule has 4 heteroatoms. The number of benzene rings is 1. The monoisotopic (exact) mass is 235 g/mol. The summed E-state index contributed by atoms with van der Waals surface area (Å²) in [6.07, 6.45) is 1.76. The zero-order chi connectivity index (χ0) is 12.7. The zero-order valence-electron chi connectivity index (χ0n) is 9.99. The van der Waals surface area contributed by atoms with Crippen LogP contribution in [0.2, 0.25) is 0 Å². The minimum atomic E-state index is -0.522. The van der Waals surface area contributed by atoms with E-state index in [1.54, 1.807) is 31.4 Å². The molecule has 0 aliphatic rings. The Hall–Kier alpha value is -1.68. The summed E-state index contributed by atoms with van der Waals surface area (Å²) >= 11 is 0. The highest BCUT2D eigenvalue weighted by molar-refractivity contribution is 5.99. The number of carbonyl (C=O) groups is 1. The minimum Gasteiger partial charge on any atom is -0.460 e. The molecule has 0 atom stereocenters. The largest absolute Gasteiger partial charge is 0.460 e. The molecule has 1 aromatic carbocycles. The first-order valence-electron chi connectivity index (χ1n) is 5.43. The number of aryl methyl sites for hydroxylation is 1. The van der Waals surface area contributed by atoms with Gasteiger partial charge in [0.25, 0.3) is 0 Å². The molecule has 0 aromatic heterocycles. The second-order valence-electron chi connectivity index (χ2n) is 3.43. The van der Waals surface area contributed by atoms with Gasteiger partial charge in [-0.2, -0.15) is 0 Å². The minimum absolute atomic E-state index is 0.179. The average Bonchev–Trinajstić information content (AvgIpc) is 2.34. The van der Waals surface area contributed by atoms with Crippen LogP contribution in [0.5, 0.6) is 0 Å². The van der Waals surface area contributed by atoms with Gasteiger partial charge in [-0.05, 0) is 25.5 Å². The van der Waals surface area contributed by atoms with Crippen LogP contribution in [0.1, 0.15) is 28.4 Å². The van der Waals surface area contributed by atoms with Gasteiger partial charge in [0, 0.05) is 12.2 Å². The Morgan fingerprint density at radius 1 is 1.35 bits per heavy atom. The summed E-state index contributed by atoms with van der Waals surface area (Å²) in [6.45, 7) is 4.72. The number of carbonyl (C=O) groups excluding carboxylic acids is 2. The third-order valence-electron chi connectivity index (χ3n) is 2.26. The van der Waals surface area contributed by atoms with Gasteiger partial charge in [0.05, 0.1) is 12.2 Å². The molecule has 91 valence electrons. The molecule has 0 aliphatic heterocycles. The Morgan fingerprint density at radius 3 is 2.76 bits per heavy atom. The third kappa shape index (κ3) is 3.67. The predicted molar refractivity (Wildman–Crippen MR) is 62.8 cm³/mol. The van der Waals surface area contributed by atoms with Gasteiger partial charge in [0.2, 0.25) is 6.29 Å². The summed E-state index contributed by atoms with van der Waals surface area (Å²) < 4.78 is 10.0. The maximum atomic E-state index is 11.7. The van der Waals surface area contributed by atoms with Crippen LogP contribution in [-0.4, -0.2) is 32.1 Å². The Bertz CT molecular complexity index is 398. The fourth-order valence-corrected chi connectivity index (χ4v) is 1.39. The van der Waals surface area contributed by atoms with E-state index < -0.39 is 5.97 Å². The summed E-state index contributed by atoms with van der Waals surface area (Å²) in [6, 6.07) is 5.00. The lowest BCUT2D eigenvalue weighted by Gasteiger charge is -2.07.